The van der Waals surface area contributed by atoms with Crippen LogP contribution in [0.25, 0.3) is 0 Å². The first-order valence-corrected chi connectivity index (χ1v) is 6.33. The van der Waals surface area contributed by atoms with Crippen molar-refractivity contribution < 1.29 is 18.3 Å². The van der Waals surface area contributed by atoms with Crippen molar-refractivity contribution in [1.82, 2.24) is 9.71 Å². The van der Waals surface area contributed by atoms with Crippen LogP contribution in [-0.2, 0) is 14.8 Å². The van der Waals surface area contributed by atoms with Crippen LogP contribution in [-0.4, -0.2) is 30.5 Å². The Morgan fingerprint density at radius 3 is 2.75 bits per heavy atom. The van der Waals surface area contributed by atoms with Gasteiger partial charge in [0, 0.05) is 12.4 Å². The highest BCUT2D eigenvalue weighted by atomic mass is 32.2. The molecule has 0 aliphatic rings. The van der Waals surface area contributed by atoms with E-state index in [-0.39, 0.29) is 11.3 Å². The van der Waals surface area contributed by atoms with Crippen molar-refractivity contribution >= 4 is 16.0 Å². The normalized spacial score (nSPS) is 13.6. The highest BCUT2D eigenvalue weighted by Gasteiger charge is 2.24. The Balaban J connectivity index is 2.82. The van der Waals surface area contributed by atoms with Gasteiger partial charge in [-0.25, -0.2) is 8.42 Å². The topological polar surface area (TPSA) is 99.3 Å². The van der Waals surface area contributed by atoms with E-state index in [2.05, 4.69) is 9.71 Å². The molecule has 1 atom stereocenters. The molecule has 1 aromatic heterocycles. The fraction of sp³-hybridized carbons (Fsp3) is 0.444. The third-order valence-corrected chi connectivity index (χ3v) is 3.52. The van der Waals surface area contributed by atoms with E-state index in [1.54, 1.807) is 6.92 Å². The molecular formula is C9H14N2O4S. The molecule has 0 aliphatic heterocycles. The minimum atomic E-state index is -3.75. The van der Waals surface area contributed by atoms with Gasteiger partial charge in [-0.05, 0) is 12.5 Å². The van der Waals surface area contributed by atoms with Crippen molar-refractivity contribution in [2.24, 2.45) is 0 Å². The predicted octanol–water partition coefficient (Wildman–Crippen LogP) is 0.546. The van der Waals surface area contributed by atoms with Crippen LogP contribution in [0.4, 0.5) is 0 Å². The monoisotopic (exact) mass is 246 g/mol. The van der Waals surface area contributed by atoms with Gasteiger partial charge in [-0.3, -0.25) is 4.79 Å². The van der Waals surface area contributed by atoms with E-state index in [1.807, 2.05) is 0 Å². The standard InChI is InChI=1S/C9H14N2O4S/c1-2-3-8(9(12)13)11-16(14,15)7-4-5-10-6-7/h4-6,8,10-11H,2-3H2,1H3,(H,12,13)/t8-/m0/s1. The van der Waals surface area contributed by atoms with Crippen molar-refractivity contribution in [3.8, 4) is 0 Å². The number of aliphatic carboxylic acids is 1. The van der Waals surface area contributed by atoms with Crippen LogP contribution in [0.5, 0.6) is 0 Å². The zero-order chi connectivity index (χ0) is 12.2. The number of carboxylic acids is 1. The summed E-state index contributed by atoms with van der Waals surface area (Å²) in [5, 5.41) is 8.83. The first-order chi connectivity index (χ1) is 7.47. The smallest absolute Gasteiger partial charge is 0.321 e. The second-order valence-electron chi connectivity index (χ2n) is 3.35. The molecule has 7 heteroatoms. The molecule has 0 bridgehead atoms. The van der Waals surface area contributed by atoms with E-state index in [9.17, 15) is 13.2 Å². The molecule has 0 unspecified atom stereocenters. The number of hydrogen-bond donors (Lipinski definition) is 3. The van der Waals surface area contributed by atoms with Crippen molar-refractivity contribution in [1.29, 1.82) is 0 Å². The third kappa shape index (κ3) is 3.07. The molecule has 0 radical (unpaired) electrons. The Hall–Kier alpha value is -1.34. The van der Waals surface area contributed by atoms with Gasteiger partial charge in [0.05, 0.1) is 4.90 Å². The number of aromatic amines is 1. The van der Waals surface area contributed by atoms with Crippen LogP contribution in [0, 0.1) is 0 Å². The van der Waals surface area contributed by atoms with E-state index >= 15 is 0 Å². The Morgan fingerprint density at radius 1 is 1.62 bits per heavy atom. The molecule has 1 rings (SSSR count). The number of nitrogens with one attached hydrogen (secondary N) is 2. The summed E-state index contributed by atoms with van der Waals surface area (Å²) >= 11 is 0. The molecule has 0 aliphatic carbocycles. The average Bonchev–Trinajstić information content (AvgIpc) is 2.69. The summed E-state index contributed by atoms with van der Waals surface area (Å²) in [4.78, 5) is 13.4. The van der Waals surface area contributed by atoms with Crippen LogP contribution < -0.4 is 4.72 Å². The molecule has 3 N–H and O–H groups in total. The van der Waals surface area contributed by atoms with Crippen LogP contribution in [0.2, 0.25) is 0 Å². The lowest BCUT2D eigenvalue weighted by atomic mass is 10.2. The highest BCUT2D eigenvalue weighted by Crippen LogP contribution is 2.09. The molecule has 0 fully saturated rings. The Morgan fingerprint density at radius 2 is 2.31 bits per heavy atom. The number of carbonyl (C=O) groups is 1. The second-order valence-corrected chi connectivity index (χ2v) is 5.06. The average molecular weight is 246 g/mol. The molecule has 0 amide bonds. The maximum atomic E-state index is 11.7. The van der Waals surface area contributed by atoms with Gasteiger partial charge in [0.2, 0.25) is 10.0 Å². The molecule has 0 aromatic carbocycles. The van der Waals surface area contributed by atoms with E-state index in [1.165, 1.54) is 18.5 Å². The van der Waals surface area contributed by atoms with Gasteiger partial charge in [0.1, 0.15) is 6.04 Å². The van der Waals surface area contributed by atoms with E-state index in [0.29, 0.717) is 6.42 Å². The van der Waals surface area contributed by atoms with Gasteiger partial charge in [-0.2, -0.15) is 4.72 Å². The van der Waals surface area contributed by atoms with Gasteiger partial charge in [0.25, 0.3) is 0 Å². The molecule has 90 valence electrons. The lowest BCUT2D eigenvalue weighted by molar-refractivity contribution is -0.139. The third-order valence-electron chi connectivity index (χ3n) is 2.05. The Kier molecular flexibility index (Phi) is 4.08. The molecule has 0 spiro atoms. The number of H-pyrrole nitrogens is 1. The van der Waals surface area contributed by atoms with Crippen molar-refractivity contribution in [2.45, 2.75) is 30.7 Å². The molecule has 0 saturated carbocycles. The summed E-state index contributed by atoms with van der Waals surface area (Å²) in [6.45, 7) is 1.79. The van der Waals surface area contributed by atoms with Crippen LogP contribution in [0.15, 0.2) is 23.4 Å². The molecule has 6 nitrogen and oxygen atoms in total. The number of carboxylic acid groups (broad SMARTS) is 1. The summed E-state index contributed by atoms with van der Waals surface area (Å²) in [6.07, 6.45) is 3.61. The SMILES string of the molecule is CCC[C@H](NS(=O)(=O)c1cc[nH]c1)C(=O)O. The summed E-state index contributed by atoms with van der Waals surface area (Å²) in [5.74, 6) is -1.17. The van der Waals surface area contributed by atoms with Gasteiger partial charge in [-0.1, -0.05) is 13.3 Å². The number of aromatic nitrogens is 1. The fourth-order valence-corrected chi connectivity index (χ4v) is 2.45. The zero-order valence-corrected chi connectivity index (χ0v) is 9.62. The minimum absolute atomic E-state index is 0.0369. The minimum Gasteiger partial charge on any atom is -0.480 e. The van der Waals surface area contributed by atoms with E-state index in [4.69, 9.17) is 5.11 Å². The predicted molar refractivity (Wildman–Crippen MR) is 57.4 cm³/mol. The molecule has 1 aromatic rings. The zero-order valence-electron chi connectivity index (χ0n) is 8.80. The van der Waals surface area contributed by atoms with Crippen molar-refractivity contribution in [2.75, 3.05) is 0 Å². The molecule has 0 saturated heterocycles. The first-order valence-electron chi connectivity index (χ1n) is 4.85. The van der Waals surface area contributed by atoms with Gasteiger partial charge in [-0.15, -0.1) is 0 Å². The molecular weight excluding hydrogens is 232 g/mol. The summed E-state index contributed by atoms with van der Waals surface area (Å²) < 4.78 is 25.5. The Labute approximate surface area is 93.7 Å². The van der Waals surface area contributed by atoms with Crippen LogP contribution in [0.3, 0.4) is 0 Å². The van der Waals surface area contributed by atoms with Crippen LogP contribution >= 0.6 is 0 Å². The Bertz CT molecular complexity index is 438. The van der Waals surface area contributed by atoms with Gasteiger partial charge in [0.15, 0.2) is 0 Å². The number of hydrogen-bond acceptors (Lipinski definition) is 3. The molecule has 1 heterocycles. The largest absolute Gasteiger partial charge is 0.480 e. The van der Waals surface area contributed by atoms with Crippen molar-refractivity contribution in [3.63, 3.8) is 0 Å². The second kappa shape index (κ2) is 5.13. The quantitative estimate of drug-likeness (QED) is 0.682. The number of rotatable bonds is 6. The van der Waals surface area contributed by atoms with Crippen molar-refractivity contribution in [3.05, 3.63) is 18.5 Å². The first kappa shape index (κ1) is 12.7. The number of sulfonamides is 1. The maximum Gasteiger partial charge on any atom is 0.321 e. The lowest BCUT2D eigenvalue weighted by Gasteiger charge is -2.12. The van der Waals surface area contributed by atoms with E-state index in [0.717, 1.165) is 0 Å². The van der Waals surface area contributed by atoms with E-state index < -0.39 is 22.0 Å². The molecule has 16 heavy (non-hydrogen) atoms. The summed E-state index contributed by atoms with van der Waals surface area (Å²) in [7, 11) is -3.75. The van der Waals surface area contributed by atoms with Gasteiger partial charge >= 0.3 is 5.97 Å². The highest BCUT2D eigenvalue weighted by molar-refractivity contribution is 7.89. The summed E-state index contributed by atoms with van der Waals surface area (Å²) in [6, 6.07) is 0.289. The lowest BCUT2D eigenvalue weighted by Crippen LogP contribution is -2.40. The fourth-order valence-electron chi connectivity index (χ4n) is 1.25. The van der Waals surface area contributed by atoms with Gasteiger partial charge < -0.3 is 10.1 Å². The maximum absolute atomic E-state index is 11.7. The summed E-state index contributed by atoms with van der Waals surface area (Å²) in [5.41, 5.74) is 0. The van der Waals surface area contributed by atoms with Crippen LogP contribution in [0.1, 0.15) is 19.8 Å².